The molecule has 0 aromatic heterocycles. The van der Waals surface area contributed by atoms with E-state index in [4.69, 9.17) is 5.73 Å². The number of anilines is 1. The highest BCUT2D eigenvalue weighted by molar-refractivity contribution is 5.83. The van der Waals surface area contributed by atoms with Crippen molar-refractivity contribution in [3.63, 3.8) is 0 Å². The van der Waals surface area contributed by atoms with Crippen LogP contribution >= 0.6 is 0 Å². The summed E-state index contributed by atoms with van der Waals surface area (Å²) in [5.41, 5.74) is 6.66. The molecule has 25 heavy (non-hydrogen) atoms. The lowest BCUT2D eigenvalue weighted by Crippen LogP contribution is -2.56. The van der Waals surface area contributed by atoms with Crippen LogP contribution in [0.15, 0.2) is 30.3 Å². The average molecular weight is 344 g/mol. The Balaban J connectivity index is 1.54. The quantitative estimate of drug-likeness (QED) is 0.882. The molecular formula is C19H28N4O2. The number of hydrogen-bond acceptors (Lipinski definition) is 4. The molecule has 2 aliphatic rings. The van der Waals surface area contributed by atoms with E-state index in [0.717, 1.165) is 45.6 Å². The summed E-state index contributed by atoms with van der Waals surface area (Å²) in [6.07, 6.45) is 1.65. The van der Waals surface area contributed by atoms with Gasteiger partial charge in [-0.2, -0.15) is 0 Å². The van der Waals surface area contributed by atoms with Crippen LogP contribution in [-0.2, 0) is 9.59 Å². The monoisotopic (exact) mass is 344 g/mol. The van der Waals surface area contributed by atoms with Crippen molar-refractivity contribution in [2.45, 2.75) is 25.8 Å². The number of carbonyl (C=O) groups is 2. The first kappa shape index (κ1) is 17.7. The molecule has 6 nitrogen and oxygen atoms in total. The maximum atomic E-state index is 12.8. The lowest BCUT2D eigenvalue weighted by Gasteiger charge is -2.41. The predicted octanol–water partition coefficient (Wildman–Crippen LogP) is 0.921. The Hall–Kier alpha value is -2.08. The molecule has 1 aromatic rings. The van der Waals surface area contributed by atoms with E-state index < -0.39 is 0 Å². The Labute approximate surface area is 149 Å². The summed E-state index contributed by atoms with van der Waals surface area (Å²) in [6.45, 7) is 6.77. The van der Waals surface area contributed by atoms with Crippen molar-refractivity contribution in [2.75, 3.05) is 44.2 Å². The molecule has 136 valence electrons. The smallest absolute Gasteiger partial charge is 0.239 e. The third-order valence-electron chi connectivity index (χ3n) is 5.48. The van der Waals surface area contributed by atoms with Gasteiger partial charge < -0.3 is 15.5 Å². The van der Waals surface area contributed by atoms with Gasteiger partial charge in [0.1, 0.15) is 0 Å². The molecule has 2 fully saturated rings. The molecule has 0 aliphatic carbocycles. The van der Waals surface area contributed by atoms with Crippen LogP contribution in [-0.4, -0.2) is 66.9 Å². The summed E-state index contributed by atoms with van der Waals surface area (Å²) in [6, 6.07) is 10.2. The standard InChI is InChI=1S/C19H28N4O2/c1-15(19(25)23-9-5-6-16(14-23)18(20)24)21-10-12-22(13-11-21)17-7-3-2-4-8-17/h2-4,7-8,15-16H,5-6,9-14H2,1H3,(H2,20,24)/t15-,16+/m1/s1. The lowest BCUT2D eigenvalue weighted by atomic mass is 9.97. The molecule has 2 amide bonds. The summed E-state index contributed by atoms with van der Waals surface area (Å²) >= 11 is 0. The van der Waals surface area contributed by atoms with Crippen LogP contribution in [0.1, 0.15) is 19.8 Å². The summed E-state index contributed by atoms with van der Waals surface area (Å²) in [5.74, 6) is -0.361. The molecule has 0 radical (unpaired) electrons. The molecule has 2 aliphatic heterocycles. The molecule has 6 heteroatoms. The van der Waals surface area contributed by atoms with Crippen LogP contribution in [0.25, 0.3) is 0 Å². The predicted molar refractivity (Wildman–Crippen MR) is 98.2 cm³/mol. The number of hydrogen-bond donors (Lipinski definition) is 1. The first-order valence-corrected chi connectivity index (χ1v) is 9.18. The molecule has 2 saturated heterocycles. The maximum Gasteiger partial charge on any atom is 0.239 e. The number of carbonyl (C=O) groups excluding carboxylic acids is 2. The first-order chi connectivity index (χ1) is 12.1. The molecule has 1 aromatic carbocycles. The number of para-hydroxylation sites is 1. The van der Waals surface area contributed by atoms with Gasteiger partial charge in [-0.1, -0.05) is 18.2 Å². The van der Waals surface area contributed by atoms with E-state index in [-0.39, 0.29) is 23.8 Å². The Morgan fingerprint density at radius 3 is 2.40 bits per heavy atom. The highest BCUT2D eigenvalue weighted by Crippen LogP contribution is 2.20. The molecule has 2 N–H and O–H groups in total. The Bertz CT molecular complexity index is 599. The van der Waals surface area contributed by atoms with E-state index in [1.54, 1.807) is 0 Å². The Morgan fingerprint density at radius 2 is 1.76 bits per heavy atom. The van der Waals surface area contributed by atoms with Crippen molar-refractivity contribution < 1.29 is 9.59 Å². The van der Waals surface area contributed by atoms with Gasteiger partial charge >= 0.3 is 0 Å². The van der Waals surface area contributed by atoms with E-state index in [0.29, 0.717) is 6.54 Å². The number of amides is 2. The van der Waals surface area contributed by atoms with Crippen LogP contribution in [0.3, 0.4) is 0 Å². The molecule has 0 saturated carbocycles. The molecule has 2 heterocycles. The van der Waals surface area contributed by atoms with Crippen LogP contribution in [0, 0.1) is 5.92 Å². The van der Waals surface area contributed by atoms with Gasteiger partial charge in [-0.05, 0) is 31.9 Å². The summed E-state index contributed by atoms with van der Waals surface area (Å²) in [5, 5.41) is 0. The highest BCUT2D eigenvalue weighted by atomic mass is 16.2. The minimum atomic E-state index is -0.290. The number of likely N-dealkylation sites (tertiary alicyclic amines) is 1. The number of nitrogens with zero attached hydrogens (tertiary/aromatic N) is 3. The zero-order valence-electron chi connectivity index (χ0n) is 14.9. The van der Waals surface area contributed by atoms with Crippen LogP contribution in [0.2, 0.25) is 0 Å². The summed E-state index contributed by atoms with van der Waals surface area (Å²) in [4.78, 5) is 30.7. The summed E-state index contributed by atoms with van der Waals surface area (Å²) in [7, 11) is 0. The fourth-order valence-electron chi connectivity index (χ4n) is 3.84. The van der Waals surface area contributed by atoms with Gasteiger partial charge in [0.15, 0.2) is 0 Å². The number of primary amides is 1. The molecular weight excluding hydrogens is 316 g/mol. The fraction of sp³-hybridized carbons (Fsp3) is 0.579. The normalized spacial score (nSPS) is 23.3. The van der Waals surface area contributed by atoms with Crippen LogP contribution in [0.5, 0.6) is 0 Å². The van der Waals surface area contributed by atoms with E-state index in [9.17, 15) is 9.59 Å². The minimum absolute atomic E-state index is 0.124. The van der Waals surface area contributed by atoms with E-state index in [1.165, 1.54) is 5.69 Å². The van der Waals surface area contributed by atoms with Gasteiger partial charge in [0.25, 0.3) is 0 Å². The van der Waals surface area contributed by atoms with Crippen molar-refractivity contribution >= 4 is 17.5 Å². The third kappa shape index (κ3) is 4.12. The van der Waals surface area contributed by atoms with Gasteiger partial charge in [-0.15, -0.1) is 0 Å². The summed E-state index contributed by atoms with van der Waals surface area (Å²) < 4.78 is 0. The topological polar surface area (TPSA) is 69.9 Å². The van der Waals surface area contributed by atoms with E-state index >= 15 is 0 Å². The molecule has 0 unspecified atom stereocenters. The van der Waals surface area contributed by atoms with Gasteiger partial charge in [0, 0.05) is 45.0 Å². The second kappa shape index (κ2) is 7.87. The lowest BCUT2D eigenvalue weighted by molar-refractivity contribution is -0.139. The Morgan fingerprint density at radius 1 is 1.08 bits per heavy atom. The van der Waals surface area contributed by atoms with Crippen molar-refractivity contribution in [1.82, 2.24) is 9.80 Å². The number of rotatable bonds is 4. The maximum absolute atomic E-state index is 12.8. The van der Waals surface area contributed by atoms with Gasteiger partial charge in [-0.25, -0.2) is 0 Å². The van der Waals surface area contributed by atoms with Crippen LogP contribution in [0.4, 0.5) is 5.69 Å². The Kier molecular flexibility index (Phi) is 5.58. The fourth-order valence-corrected chi connectivity index (χ4v) is 3.84. The van der Waals surface area contributed by atoms with E-state index in [1.807, 2.05) is 17.9 Å². The number of benzene rings is 1. The second-order valence-electron chi connectivity index (χ2n) is 7.06. The van der Waals surface area contributed by atoms with Crippen molar-refractivity contribution in [1.29, 1.82) is 0 Å². The highest BCUT2D eigenvalue weighted by Gasteiger charge is 2.32. The molecule has 0 spiro atoms. The van der Waals surface area contributed by atoms with Gasteiger partial charge in [-0.3, -0.25) is 14.5 Å². The van der Waals surface area contributed by atoms with Crippen LogP contribution < -0.4 is 10.6 Å². The molecule has 0 bridgehead atoms. The number of piperidine rings is 1. The zero-order chi connectivity index (χ0) is 17.8. The third-order valence-corrected chi connectivity index (χ3v) is 5.48. The number of nitrogens with two attached hydrogens (primary N) is 1. The largest absolute Gasteiger partial charge is 0.369 e. The second-order valence-corrected chi connectivity index (χ2v) is 7.06. The van der Waals surface area contributed by atoms with Crippen molar-refractivity contribution in [3.05, 3.63) is 30.3 Å². The zero-order valence-corrected chi connectivity index (χ0v) is 14.9. The van der Waals surface area contributed by atoms with Gasteiger partial charge in [0.2, 0.25) is 11.8 Å². The molecule has 3 rings (SSSR count). The minimum Gasteiger partial charge on any atom is -0.369 e. The SMILES string of the molecule is C[C@H](C(=O)N1CCC[C@H](C(N)=O)C1)N1CCN(c2ccccc2)CC1. The van der Waals surface area contributed by atoms with E-state index in [2.05, 4.69) is 34.1 Å². The van der Waals surface area contributed by atoms with Crippen molar-refractivity contribution in [2.24, 2.45) is 11.7 Å². The molecule has 2 atom stereocenters. The first-order valence-electron chi connectivity index (χ1n) is 9.18. The van der Waals surface area contributed by atoms with Gasteiger partial charge in [0.05, 0.1) is 12.0 Å². The average Bonchev–Trinajstić information content (AvgIpc) is 2.67. The van der Waals surface area contributed by atoms with Crippen molar-refractivity contribution in [3.8, 4) is 0 Å². The number of piperazine rings is 1.